The van der Waals surface area contributed by atoms with Crippen LogP contribution in [-0.4, -0.2) is 59.5 Å². The third-order valence-electron chi connectivity index (χ3n) is 2.22. The van der Waals surface area contributed by atoms with Crippen molar-refractivity contribution in [3.05, 3.63) is 0 Å². The maximum absolute atomic E-state index is 11.5. The van der Waals surface area contributed by atoms with E-state index in [1.54, 1.807) is 6.92 Å². The number of rotatable bonds is 9. The van der Waals surface area contributed by atoms with Gasteiger partial charge in [-0.3, -0.25) is 4.79 Å². The third-order valence-corrected chi connectivity index (χ3v) is 3.34. The predicted molar refractivity (Wildman–Crippen MR) is 69.3 cm³/mol. The van der Waals surface area contributed by atoms with Crippen LogP contribution in [0.1, 0.15) is 19.8 Å². The number of esters is 1. The molecule has 0 aromatic carbocycles. The van der Waals surface area contributed by atoms with E-state index in [1.807, 2.05) is 0 Å². The van der Waals surface area contributed by atoms with E-state index in [1.165, 1.54) is 18.9 Å². The molecule has 18 heavy (non-hydrogen) atoms. The molecule has 2 atom stereocenters. The van der Waals surface area contributed by atoms with Crippen LogP contribution in [0.2, 0.25) is 0 Å². The van der Waals surface area contributed by atoms with Gasteiger partial charge in [-0.1, -0.05) is 6.92 Å². The molecule has 0 saturated carbocycles. The van der Waals surface area contributed by atoms with Crippen LogP contribution in [0.3, 0.4) is 0 Å². The lowest BCUT2D eigenvalue weighted by Gasteiger charge is -2.14. The summed E-state index contributed by atoms with van der Waals surface area (Å²) in [4.78, 5) is 22.7. The number of ether oxygens (including phenoxy) is 1. The van der Waals surface area contributed by atoms with Crippen LogP contribution in [0.4, 0.5) is 0 Å². The van der Waals surface area contributed by atoms with Crippen molar-refractivity contribution < 1.29 is 24.5 Å². The standard InChI is InChI=1S/C11H21NO5S/c1-3-9(11(16)17-2)12-10(15)4-5-18-7-8(14)6-13/h8-9,13-14H,3-7H2,1-2H3,(H,12,15)/t8?,9-/m0/s1. The first-order valence-electron chi connectivity index (χ1n) is 5.79. The molecule has 0 rings (SSSR count). The topological polar surface area (TPSA) is 95.9 Å². The van der Waals surface area contributed by atoms with Crippen molar-refractivity contribution in [1.29, 1.82) is 0 Å². The fraction of sp³-hybridized carbons (Fsp3) is 0.818. The summed E-state index contributed by atoms with van der Waals surface area (Å²) in [6.45, 7) is 1.51. The van der Waals surface area contributed by atoms with Gasteiger partial charge in [0, 0.05) is 17.9 Å². The molecular weight excluding hydrogens is 258 g/mol. The third kappa shape index (κ3) is 7.52. The number of nitrogens with one attached hydrogen (secondary N) is 1. The molecule has 0 aliphatic carbocycles. The number of hydrogen-bond donors (Lipinski definition) is 3. The molecule has 0 radical (unpaired) electrons. The van der Waals surface area contributed by atoms with E-state index in [0.717, 1.165) is 0 Å². The van der Waals surface area contributed by atoms with Crippen molar-refractivity contribution in [3.8, 4) is 0 Å². The van der Waals surface area contributed by atoms with Crippen LogP contribution in [0.5, 0.6) is 0 Å². The summed E-state index contributed by atoms with van der Waals surface area (Å²) >= 11 is 1.38. The fourth-order valence-corrected chi connectivity index (χ4v) is 2.05. The highest BCUT2D eigenvalue weighted by molar-refractivity contribution is 7.99. The summed E-state index contributed by atoms with van der Waals surface area (Å²) in [5.41, 5.74) is 0. The van der Waals surface area contributed by atoms with Gasteiger partial charge in [-0.05, 0) is 6.42 Å². The zero-order chi connectivity index (χ0) is 14.0. The number of aliphatic hydroxyl groups excluding tert-OH is 2. The summed E-state index contributed by atoms with van der Waals surface area (Å²) in [6.07, 6.45) is -0.0121. The molecule has 0 aliphatic rings. The Morgan fingerprint density at radius 1 is 1.44 bits per heavy atom. The second-order valence-electron chi connectivity index (χ2n) is 3.71. The Labute approximate surface area is 111 Å². The first kappa shape index (κ1) is 17.2. The summed E-state index contributed by atoms with van der Waals surface area (Å²) in [7, 11) is 1.28. The van der Waals surface area contributed by atoms with Crippen molar-refractivity contribution in [2.75, 3.05) is 25.2 Å². The molecule has 7 heteroatoms. The average Bonchev–Trinajstić information content (AvgIpc) is 2.39. The van der Waals surface area contributed by atoms with Crippen LogP contribution in [0, 0.1) is 0 Å². The second kappa shape index (κ2) is 10.2. The highest BCUT2D eigenvalue weighted by Crippen LogP contribution is 2.05. The maximum atomic E-state index is 11.5. The molecule has 1 unspecified atom stereocenters. The van der Waals surface area contributed by atoms with Gasteiger partial charge in [0.05, 0.1) is 19.8 Å². The minimum Gasteiger partial charge on any atom is -0.467 e. The Hall–Kier alpha value is -0.790. The molecule has 0 saturated heterocycles. The van der Waals surface area contributed by atoms with Crippen molar-refractivity contribution >= 4 is 23.6 Å². The van der Waals surface area contributed by atoms with Gasteiger partial charge in [0.1, 0.15) is 6.04 Å². The fourth-order valence-electron chi connectivity index (χ4n) is 1.17. The van der Waals surface area contributed by atoms with E-state index >= 15 is 0 Å². The number of carbonyl (C=O) groups excluding carboxylic acids is 2. The van der Waals surface area contributed by atoms with Gasteiger partial charge in [-0.2, -0.15) is 11.8 Å². The average molecular weight is 279 g/mol. The lowest BCUT2D eigenvalue weighted by Crippen LogP contribution is -2.41. The van der Waals surface area contributed by atoms with E-state index < -0.39 is 18.1 Å². The number of methoxy groups -OCH3 is 1. The lowest BCUT2D eigenvalue weighted by atomic mass is 10.2. The smallest absolute Gasteiger partial charge is 0.328 e. The number of hydrogen-bond acceptors (Lipinski definition) is 6. The predicted octanol–water partition coefficient (Wildman–Crippen LogP) is -0.469. The summed E-state index contributed by atoms with van der Waals surface area (Å²) in [5.74, 6) is 0.242. The summed E-state index contributed by atoms with van der Waals surface area (Å²) < 4.78 is 4.56. The van der Waals surface area contributed by atoms with Gasteiger partial charge >= 0.3 is 5.97 Å². The molecule has 0 aliphatic heterocycles. The first-order chi connectivity index (χ1) is 8.54. The van der Waals surface area contributed by atoms with Crippen molar-refractivity contribution in [1.82, 2.24) is 5.32 Å². The van der Waals surface area contributed by atoms with E-state index in [4.69, 9.17) is 10.2 Å². The number of thioether (sulfide) groups is 1. The van der Waals surface area contributed by atoms with Crippen LogP contribution in [0.15, 0.2) is 0 Å². The van der Waals surface area contributed by atoms with Gasteiger partial charge in [0.15, 0.2) is 0 Å². The van der Waals surface area contributed by atoms with E-state index in [9.17, 15) is 9.59 Å². The molecule has 1 amide bonds. The maximum Gasteiger partial charge on any atom is 0.328 e. The van der Waals surface area contributed by atoms with Gasteiger partial charge < -0.3 is 20.3 Å². The molecular formula is C11H21NO5S. The van der Waals surface area contributed by atoms with Gasteiger partial charge in [0.2, 0.25) is 5.91 Å². The molecule has 0 heterocycles. The van der Waals surface area contributed by atoms with E-state index in [2.05, 4.69) is 10.1 Å². The van der Waals surface area contributed by atoms with Gasteiger partial charge in [0.25, 0.3) is 0 Å². The van der Waals surface area contributed by atoms with E-state index in [-0.39, 0.29) is 18.9 Å². The molecule has 0 aromatic heterocycles. The molecule has 0 aromatic rings. The Balaban J connectivity index is 3.79. The largest absolute Gasteiger partial charge is 0.467 e. The quantitative estimate of drug-likeness (QED) is 0.390. The first-order valence-corrected chi connectivity index (χ1v) is 6.94. The number of aliphatic hydroxyl groups is 2. The zero-order valence-corrected chi connectivity index (χ0v) is 11.5. The molecule has 6 nitrogen and oxygen atoms in total. The lowest BCUT2D eigenvalue weighted by molar-refractivity contribution is -0.145. The highest BCUT2D eigenvalue weighted by Gasteiger charge is 2.18. The van der Waals surface area contributed by atoms with Crippen molar-refractivity contribution in [3.63, 3.8) is 0 Å². The Kier molecular flexibility index (Phi) is 9.72. The molecule has 0 spiro atoms. The minimum absolute atomic E-state index is 0.224. The Morgan fingerprint density at radius 3 is 2.61 bits per heavy atom. The Morgan fingerprint density at radius 2 is 2.11 bits per heavy atom. The summed E-state index contributed by atoms with van der Waals surface area (Å²) in [6, 6.07) is -0.601. The van der Waals surface area contributed by atoms with Gasteiger partial charge in [-0.25, -0.2) is 4.79 Å². The van der Waals surface area contributed by atoms with Crippen LogP contribution in [0.25, 0.3) is 0 Å². The van der Waals surface area contributed by atoms with Crippen LogP contribution >= 0.6 is 11.8 Å². The Bertz CT molecular complexity index is 262. The van der Waals surface area contributed by atoms with E-state index in [0.29, 0.717) is 17.9 Å². The molecule has 0 bridgehead atoms. The minimum atomic E-state index is -0.753. The number of carbonyl (C=O) groups is 2. The van der Waals surface area contributed by atoms with Crippen LogP contribution in [-0.2, 0) is 14.3 Å². The SMILES string of the molecule is CC[C@H](NC(=O)CCSCC(O)CO)C(=O)OC. The molecule has 0 fully saturated rings. The van der Waals surface area contributed by atoms with Crippen LogP contribution < -0.4 is 5.32 Å². The monoisotopic (exact) mass is 279 g/mol. The van der Waals surface area contributed by atoms with Gasteiger partial charge in [-0.15, -0.1) is 0 Å². The molecule has 3 N–H and O–H groups in total. The van der Waals surface area contributed by atoms with Crippen molar-refractivity contribution in [2.24, 2.45) is 0 Å². The highest BCUT2D eigenvalue weighted by atomic mass is 32.2. The van der Waals surface area contributed by atoms with Crippen molar-refractivity contribution in [2.45, 2.75) is 31.9 Å². The normalized spacial score (nSPS) is 13.8. The molecule has 106 valence electrons. The second-order valence-corrected chi connectivity index (χ2v) is 4.86. The summed E-state index contributed by atoms with van der Waals surface area (Å²) in [5, 5.41) is 20.2. The zero-order valence-electron chi connectivity index (χ0n) is 10.7. The number of amides is 1.